The van der Waals surface area contributed by atoms with Crippen LogP contribution in [0.2, 0.25) is 0 Å². The predicted octanol–water partition coefficient (Wildman–Crippen LogP) is -1.98. The highest BCUT2D eigenvalue weighted by molar-refractivity contribution is 5.45. The molecule has 0 atom stereocenters. The maximum Gasteiger partial charge on any atom is 0.275 e. The van der Waals surface area contributed by atoms with E-state index in [2.05, 4.69) is 0 Å². The Labute approximate surface area is 79.0 Å². The van der Waals surface area contributed by atoms with E-state index < -0.39 is 10.9 Å². The largest absolute Gasteiger partial charge is 0.484 e. The molecule has 1 aromatic carbocycles. The minimum atomic E-state index is -0.758. The van der Waals surface area contributed by atoms with Crippen molar-refractivity contribution in [3.05, 3.63) is 20.4 Å². The summed E-state index contributed by atoms with van der Waals surface area (Å²) < 4.78 is 9.54. The van der Waals surface area contributed by atoms with E-state index in [1.54, 1.807) is 0 Å². The first-order valence-electron chi connectivity index (χ1n) is 4.03. The smallest absolute Gasteiger partial charge is 0.275 e. The molecule has 0 heterocycles. The molecule has 78 valence electrons. The fourth-order valence-corrected chi connectivity index (χ4v) is 0.908. The molecule has 0 aromatic heterocycles. The fraction of sp³-hybridized carbons (Fsp3) is 0.500. The average Bonchev–Trinajstić information content (AvgIpc) is 2.21. The molecule has 0 radical (unpaired) electrons. The highest BCUT2D eigenvalue weighted by atomic mass is 16.5. The zero-order chi connectivity index (χ0) is 10.6. The van der Waals surface area contributed by atoms with Crippen LogP contribution in [0.25, 0.3) is 0 Å². The molecule has 1 rings (SSSR count). The van der Waals surface area contributed by atoms with Crippen LogP contribution in [0.15, 0.2) is 9.59 Å². The summed E-state index contributed by atoms with van der Waals surface area (Å²) in [5, 5.41) is 16.8. The molecule has 0 aliphatic heterocycles. The Kier molecular flexibility index (Phi) is 3.61. The van der Waals surface area contributed by atoms with Gasteiger partial charge in [0.25, 0.3) is 10.9 Å². The monoisotopic (exact) mass is 202 g/mol. The van der Waals surface area contributed by atoms with E-state index >= 15 is 0 Å². The lowest BCUT2D eigenvalue weighted by atomic mass is 10.2. The number of aliphatic hydroxyl groups excluding tert-OH is 2. The zero-order valence-electron chi connectivity index (χ0n) is 7.36. The summed E-state index contributed by atoms with van der Waals surface area (Å²) in [4.78, 5) is 21.8. The van der Waals surface area contributed by atoms with Crippen molar-refractivity contribution in [2.45, 2.75) is 0 Å². The maximum atomic E-state index is 10.9. The Morgan fingerprint density at radius 2 is 1.21 bits per heavy atom. The summed E-state index contributed by atoms with van der Waals surface area (Å²) >= 11 is 0. The number of rotatable bonds is 6. The maximum absolute atomic E-state index is 10.9. The third-order valence-corrected chi connectivity index (χ3v) is 1.50. The van der Waals surface area contributed by atoms with E-state index in [-0.39, 0.29) is 37.9 Å². The minimum absolute atomic E-state index is 0.0691. The molecule has 6 heteroatoms. The molecule has 0 amide bonds. The highest BCUT2D eigenvalue weighted by Crippen LogP contribution is 2.19. The van der Waals surface area contributed by atoms with Crippen LogP contribution < -0.4 is 20.3 Å². The summed E-state index contributed by atoms with van der Waals surface area (Å²) in [6.07, 6.45) is 0. The molecule has 0 saturated heterocycles. The summed E-state index contributed by atoms with van der Waals surface area (Å²) in [6, 6.07) is 0. The molecule has 0 spiro atoms. The van der Waals surface area contributed by atoms with Crippen molar-refractivity contribution >= 4 is 0 Å². The Morgan fingerprint density at radius 1 is 0.857 bits per heavy atom. The van der Waals surface area contributed by atoms with Gasteiger partial charge in [0, 0.05) is 0 Å². The SMILES string of the molecule is O=c1c(OCCO)c(OCCO)c1=O. The van der Waals surface area contributed by atoms with Gasteiger partial charge in [-0.3, -0.25) is 9.59 Å². The molecular weight excluding hydrogens is 192 g/mol. The topological polar surface area (TPSA) is 93.1 Å². The van der Waals surface area contributed by atoms with E-state index in [0.717, 1.165) is 0 Å². The van der Waals surface area contributed by atoms with Crippen molar-refractivity contribution in [1.82, 2.24) is 0 Å². The van der Waals surface area contributed by atoms with Crippen LogP contribution in [-0.2, 0) is 0 Å². The quantitative estimate of drug-likeness (QED) is 0.519. The van der Waals surface area contributed by atoms with Crippen molar-refractivity contribution < 1.29 is 19.7 Å². The van der Waals surface area contributed by atoms with E-state index in [0.29, 0.717) is 0 Å². The van der Waals surface area contributed by atoms with Crippen molar-refractivity contribution in [3.63, 3.8) is 0 Å². The van der Waals surface area contributed by atoms with E-state index in [1.807, 2.05) is 0 Å². The number of aliphatic hydroxyl groups is 2. The van der Waals surface area contributed by atoms with Crippen LogP contribution in [0.1, 0.15) is 0 Å². The van der Waals surface area contributed by atoms with Crippen LogP contribution in [-0.4, -0.2) is 36.6 Å². The Hall–Kier alpha value is -1.40. The Morgan fingerprint density at radius 3 is 1.50 bits per heavy atom. The lowest BCUT2D eigenvalue weighted by Gasteiger charge is -2.11. The van der Waals surface area contributed by atoms with E-state index in [4.69, 9.17) is 19.7 Å². The van der Waals surface area contributed by atoms with Gasteiger partial charge in [-0.2, -0.15) is 0 Å². The van der Waals surface area contributed by atoms with Gasteiger partial charge in [0.05, 0.1) is 13.2 Å². The van der Waals surface area contributed by atoms with Crippen LogP contribution in [0.5, 0.6) is 11.5 Å². The highest BCUT2D eigenvalue weighted by Gasteiger charge is 2.23. The Bertz CT molecular complexity index is 326. The molecule has 0 saturated carbocycles. The van der Waals surface area contributed by atoms with Gasteiger partial charge < -0.3 is 19.7 Å². The van der Waals surface area contributed by atoms with Crippen molar-refractivity contribution in [2.75, 3.05) is 26.4 Å². The lowest BCUT2D eigenvalue weighted by molar-refractivity contribution is 0.172. The summed E-state index contributed by atoms with van der Waals surface area (Å²) in [7, 11) is 0. The van der Waals surface area contributed by atoms with Crippen LogP contribution >= 0.6 is 0 Å². The second-order valence-electron chi connectivity index (χ2n) is 2.46. The summed E-state index contributed by atoms with van der Waals surface area (Å²) in [5.74, 6) is -0.338. The summed E-state index contributed by atoms with van der Waals surface area (Å²) in [5.41, 5.74) is -1.52. The molecule has 0 unspecified atom stereocenters. The van der Waals surface area contributed by atoms with Gasteiger partial charge in [0.1, 0.15) is 13.2 Å². The number of hydrogen-bond donors (Lipinski definition) is 2. The van der Waals surface area contributed by atoms with E-state index in [1.165, 1.54) is 0 Å². The van der Waals surface area contributed by atoms with Crippen molar-refractivity contribution in [3.8, 4) is 11.5 Å². The zero-order valence-corrected chi connectivity index (χ0v) is 7.36. The van der Waals surface area contributed by atoms with Gasteiger partial charge in [0.2, 0.25) is 11.5 Å². The molecule has 1 aromatic rings. The molecule has 0 aliphatic carbocycles. The van der Waals surface area contributed by atoms with Crippen molar-refractivity contribution in [2.24, 2.45) is 0 Å². The predicted molar refractivity (Wildman–Crippen MR) is 46.5 cm³/mol. The second kappa shape index (κ2) is 4.73. The standard InChI is InChI=1S/C8H10O6/c9-1-3-13-7-5(11)6(12)8(7)14-4-2-10/h9-10H,1-4H2. The number of hydrogen-bond acceptors (Lipinski definition) is 6. The minimum Gasteiger partial charge on any atom is -0.484 e. The van der Waals surface area contributed by atoms with Crippen LogP contribution in [0, 0.1) is 0 Å². The van der Waals surface area contributed by atoms with Crippen LogP contribution in [0.3, 0.4) is 0 Å². The fourth-order valence-electron chi connectivity index (χ4n) is 0.908. The van der Waals surface area contributed by atoms with Crippen LogP contribution in [0.4, 0.5) is 0 Å². The molecule has 6 nitrogen and oxygen atoms in total. The summed E-state index contributed by atoms with van der Waals surface area (Å²) in [6.45, 7) is -0.642. The van der Waals surface area contributed by atoms with E-state index in [9.17, 15) is 9.59 Å². The van der Waals surface area contributed by atoms with Gasteiger partial charge in [0.15, 0.2) is 0 Å². The normalized spacial score (nSPS) is 10.4. The molecule has 0 bridgehead atoms. The van der Waals surface area contributed by atoms with Gasteiger partial charge in [-0.05, 0) is 0 Å². The first kappa shape index (κ1) is 10.7. The molecule has 0 fully saturated rings. The third kappa shape index (κ3) is 1.91. The van der Waals surface area contributed by atoms with Gasteiger partial charge in [-0.1, -0.05) is 0 Å². The van der Waals surface area contributed by atoms with Gasteiger partial charge in [-0.15, -0.1) is 0 Å². The van der Waals surface area contributed by atoms with Gasteiger partial charge >= 0.3 is 0 Å². The molecule has 2 N–H and O–H groups in total. The first-order valence-corrected chi connectivity index (χ1v) is 4.03. The second-order valence-corrected chi connectivity index (χ2v) is 2.46. The average molecular weight is 202 g/mol. The van der Waals surface area contributed by atoms with Crippen molar-refractivity contribution in [1.29, 1.82) is 0 Å². The molecular formula is C8H10O6. The third-order valence-electron chi connectivity index (χ3n) is 1.50. The first-order chi connectivity index (χ1) is 6.72. The van der Waals surface area contributed by atoms with Gasteiger partial charge in [-0.25, -0.2) is 0 Å². The molecule has 0 aliphatic rings. The lowest BCUT2D eigenvalue weighted by Crippen LogP contribution is -2.35. The Balaban J connectivity index is 2.68. The molecule has 14 heavy (non-hydrogen) atoms. The number of ether oxygens (including phenoxy) is 2.